The van der Waals surface area contributed by atoms with Crippen LogP contribution in [0.2, 0.25) is 0 Å². The van der Waals surface area contributed by atoms with E-state index in [0.717, 1.165) is 25.9 Å². The summed E-state index contributed by atoms with van der Waals surface area (Å²) in [6.45, 7) is 7.90. The highest BCUT2D eigenvalue weighted by Crippen LogP contribution is 2.34. The number of likely N-dealkylation sites (tertiary alicyclic amines) is 1. The van der Waals surface area contributed by atoms with Crippen molar-refractivity contribution in [1.82, 2.24) is 9.80 Å². The van der Waals surface area contributed by atoms with Crippen molar-refractivity contribution in [1.29, 1.82) is 0 Å². The lowest BCUT2D eigenvalue weighted by atomic mass is 9.75. The monoisotopic (exact) mass is 256 g/mol. The molecule has 1 fully saturated rings. The van der Waals surface area contributed by atoms with E-state index in [4.69, 9.17) is 5.11 Å². The van der Waals surface area contributed by atoms with Crippen molar-refractivity contribution >= 4 is 12.0 Å². The molecule has 2 amide bonds. The average Bonchev–Trinajstić information content (AvgIpc) is 2.26. The van der Waals surface area contributed by atoms with E-state index in [0.29, 0.717) is 5.92 Å². The first kappa shape index (κ1) is 14.8. The molecule has 5 nitrogen and oxygen atoms in total. The molecule has 0 unspecified atom stereocenters. The van der Waals surface area contributed by atoms with E-state index in [-0.39, 0.29) is 18.0 Å². The predicted molar refractivity (Wildman–Crippen MR) is 69.4 cm³/mol. The van der Waals surface area contributed by atoms with Crippen LogP contribution >= 0.6 is 0 Å². The fourth-order valence-electron chi connectivity index (χ4n) is 2.45. The topological polar surface area (TPSA) is 60.9 Å². The molecular weight excluding hydrogens is 232 g/mol. The predicted octanol–water partition coefficient (Wildman–Crippen LogP) is 1.88. The second-order valence-electron chi connectivity index (χ2n) is 6.16. The fourth-order valence-corrected chi connectivity index (χ4v) is 2.45. The number of piperidine rings is 1. The third-order valence-electron chi connectivity index (χ3n) is 3.69. The number of nitrogens with zero attached hydrogens (tertiary/aromatic N) is 2. The smallest absolute Gasteiger partial charge is 0.323 e. The van der Waals surface area contributed by atoms with Crippen molar-refractivity contribution in [2.24, 2.45) is 11.3 Å². The summed E-state index contributed by atoms with van der Waals surface area (Å²) in [5.74, 6) is -0.346. The maximum Gasteiger partial charge on any atom is 0.323 e. The van der Waals surface area contributed by atoms with E-state index >= 15 is 0 Å². The van der Waals surface area contributed by atoms with Gasteiger partial charge in [0.15, 0.2) is 0 Å². The summed E-state index contributed by atoms with van der Waals surface area (Å²) >= 11 is 0. The minimum atomic E-state index is -0.976. The van der Waals surface area contributed by atoms with Crippen LogP contribution in [0.15, 0.2) is 0 Å². The van der Waals surface area contributed by atoms with Gasteiger partial charge in [-0.25, -0.2) is 4.79 Å². The Hall–Kier alpha value is -1.26. The Labute approximate surface area is 109 Å². The van der Waals surface area contributed by atoms with Crippen molar-refractivity contribution in [2.45, 2.75) is 33.6 Å². The number of carbonyl (C=O) groups is 2. The minimum absolute atomic E-state index is 0.176. The van der Waals surface area contributed by atoms with Crippen LogP contribution in [0.5, 0.6) is 0 Å². The summed E-state index contributed by atoms with van der Waals surface area (Å²) in [6, 6.07) is -0.176. The van der Waals surface area contributed by atoms with Crippen LogP contribution in [0.1, 0.15) is 33.6 Å². The number of likely N-dealkylation sites (N-methyl/N-ethyl adjacent to an activating group) is 1. The third kappa shape index (κ3) is 3.89. The quantitative estimate of drug-likeness (QED) is 0.820. The lowest BCUT2D eigenvalue weighted by molar-refractivity contribution is -0.137. The van der Waals surface area contributed by atoms with Crippen LogP contribution in [-0.4, -0.2) is 53.6 Å². The van der Waals surface area contributed by atoms with Gasteiger partial charge in [0.25, 0.3) is 0 Å². The van der Waals surface area contributed by atoms with E-state index in [1.165, 1.54) is 11.9 Å². The molecule has 104 valence electrons. The number of hydrogen-bond acceptors (Lipinski definition) is 2. The first-order valence-corrected chi connectivity index (χ1v) is 6.43. The molecule has 0 aromatic carbocycles. The Bertz CT molecular complexity index is 315. The van der Waals surface area contributed by atoms with E-state index < -0.39 is 5.97 Å². The van der Waals surface area contributed by atoms with Crippen LogP contribution in [0, 0.1) is 11.3 Å². The molecule has 1 heterocycles. The van der Waals surface area contributed by atoms with E-state index in [1.807, 2.05) is 0 Å². The van der Waals surface area contributed by atoms with Crippen molar-refractivity contribution in [2.75, 3.05) is 26.7 Å². The number of rotatable bonds is 2. The summed E-state index contributed by atoms with van der Waals surface area (Å²) in [7, 11) is 1.53. The fraction of sp³-hybridized carbons (Fsp3) is 0.846. The molecule has 1 saturated heterocycles. The van der Waals surface area contributed by atoms with Crippen molar-refractivity contribution in [3.63, 3.8) is 0 Å². The number of urea groups is 1. The van der Waals surface area contributed by atoms with E-state index in [1.54, 1.807) is 4.90 Å². The molecule has 0 bridgehead atoms. The maximum atomic E-state index is 12.0. The normalized spacial score (nSPS) is 17.7. The van der Waals surface area contributed by atoms with Gasteiger partial charge >= 0.3 is 12.0 Å². The third-order valence-corrected chi connectivity index (χ3v) is 3.69. The molecule has 0 atom stereocenters. The van der Waals surface area contributed by atoms with Crippen LogP contribution in [0.3, 0.4) is 0 Å². The van der Waals surface area contributed by atoms with Crippen LogP contribution in [0.4, 0.5) is 4.79 Å². The average molecular weight is 256 g/mol. The lowest BCUT2D eigenvalue weighted by Gasteiger charge is -2.39. The highest BCUT2D eigenvalue weighted by atomic mass is 16.4. The van der Waals surface area contributed by atoms with Crippen LogP contribution in [0.25, 0.3) is 0 Å². The Kier molecular flexibility index (Phi) is 4.59. The number of carbonyl (C=O) groups excluding carboxylic acids is 1. The lowest BCUT2D eigenvalue weighted by Crippen LogP contribution is -2.47. The van der Waals surface area contributed by atoms with Gasteiger partial charge in [-0.3, -0.25) is 4.79 Å². The van der Waals surface area contributed by atoms with Crippen LogP contribution in [-0.2, 0) is 4.79 Å². The first-order valence-electron chi connectivity index (χ1n) is 6.43. The van der Waals surface area contributed by atoms with E-state index in [9.17, 15) is 9.59 Å². The second-order valence-corrected chi connectivity index (χ2v) is 6.16. The summed E-state index contributed by atoms with van der Waals surface area (Å²) in [6.07, 6.45) is 1.99. The number of hydrogen-bond donors (Lipinski definition) is 1. The molecule has 0 aromatic rings. The van der Waals surface area contributed by atoms with Gasteiger partial charge in [-0.2, -0.15) is 0 Å². The molecule has 1 N–H and O–H groups in total. The Morgan fingerprint density at radius 3 is 2.17 bits per heavy atom. The van der Waals surface area contributed by atoms with E-state index in [2.05, 4.69) is 20.8 Å². The molecule has 0 radical (unpaired) electrons. The Morgan fingerprint density at radius 2 is 1.78 bits per heavy atom. The van der Waals surface area contributed by atoms with Crippen molar-refractivity contribution in [3.8, 4) is 0 Å². The number of amides is 2. The molecule has 5 heteroatoms. The molecule has 0 saturated carbocycles. The van der Waals surface area contributed by atoms with Gasteiger partial charge < -0.3 is 14.9 Å². The zero-order valence-corrected chi connectivity index (χ0v) is 11.8. The number of aliphatic carboxylic acids is 1. The molecule has 1 aliphatic rings. The van der Waals surface area contributed by atoms with Gasteiger partial charge in [-0.05, 0) is 24.2 Å². The summed E-state index contributed by atoms with van der Waals surface area (Å²) in [5, 5.41) is 8.67. The van der Waals surface area contributed by atoms with Gasteiger partial charge in [0.2, 0.25) is 0 Å². The standard InChI is InChI=1S/C13H24N2O3/c1-13(2,3)10-5-7-15(8-6-10)12(18)14(4)9-11(16)17/h10H,5-9H2,1-4H3,(H,16,17). The van der Waals surface area contributed by atoms with Crippen LogP contribution < -0.4 is 0 Å². The Balaban J connectivity index is 2.48. The summed E-state index contributed by atoms with van der Waals surface area (Å²) in [5.41, 5.74) is 0.280. The maximum absolute atomic E-state index is 12.0. The summed E-state index contributed by atoms with van der Waals surface area (Å²) in [4.78, 5) is 25.6. The molecule has 0 aliphatic carbocycles. The second kappa shape index (κ2) is 5.59. The largest absolute Gasteiger partial charge is 0.480 e. The minimum Gasteiger partial charge on any atom is -0.480 e. The first-order chi connectivity index (χ1) is 8.21. The van der Waals surface area contributed by atoms with Gasteiger partial charge in [0, 0.05) is 20.1 Å². The molecule has 0 aromatic heterocycles. The van der Waals surface area contributed by atoms with Gasteiger partial charge in [0.05, 0.1) is 0 Å². The summed E-state index contributed by atoms with van der Waals surface area (Å²) < 4.78 is 0. The van der Waals surface area contributed by atoms with Gasteiger partial charge in [-0.1, -0.05) is 20.8 Å². The molecule has 1 aliphatic heterocycles. The molecule has 1 rings (SSSR count). The zero-order chi connectivity index (χ0) is 13.9. The highest BCUT2D eigenvalue weighted by Gasteiger charge is 2.31. The number of carboxylic acids is 1. The van der Waals surface area contributed by atoms with Crippen molar-refractivity contribution < 1.29 is 14.7 Å². The highest BCUT2D eigenvalue weighted by molar-refractivity contribution is 5.79. The van der Waals surface area contributed by atoms with Crippen molar-refractivity contribution in [3.05, 3.63) is 0 Å². The zero-order valence-electron chi connectivity index (χ0n) is 11.8. The molecular formula is C13H24N2O3. The SMILES string of the molecule is CN(CC(=O)O)C(=O)N1CCC(C(C)(C)C)CC1. The van der Waals surface area contributed by atoms with Gasteiger partial charge in [0.1, 0.15) is 6.54 Å². The molecule has 18 heavy (non-hydrogen) atoms. The number of carboxylic acid groups (broad SMARTS) is 1. The van der Waals surface area contributed by atoms with Gasteiger partial charge in [-0.15, -0.1) is 0 Å². The molecule has 0 spiro atoms. The Morgan fingerprint density at radius 1 is 1.28 bits per heavy atom.